The van der Waals surface area contributed by atoms with Crippen LogP contribution in [0.25, 0.3) is 0 Å². The second-order valence-electron chi connectivity index (χ2n) is 8.03. The molecule has 4 rings (SSSR count). The number of esters is 2. The van der Waals surface area contributed by atoms with E-state index in [1.165, 1.54) is 6.92 Å². The number of hydrogen-bond acceptors (Lipinski definition) is 7. The van der Waals surface area contributed by atoms with E-state index in [0.29, 0.717) is 0 Å². The summed E-state index contributed by atoms with van der Waals surface area (Å²) in [7, 11) is 0. The first-order valence-electron chi connectivity index (χ1n) is 8.95. The lowest BCUT2D eigenvalue weighted by atomic mass is 9.74. The lowest BCUT2D eigenvalue weighted by molar-refractivity contribution is -0.179. The average Bonchev–Trinajstić information content (AvgIpc) is 3.08. The number of rotatable bonds is 1. The van der Waals surface area contributed by atoms with Crippen molar-refractivity contribution in [3.63, 3.8) is 0 Å². The van der Waals surface area contributed by atoms with Crippen molar-refractivity contribution in [1.82, 2.24) is 4.90 Å². The summed E-state index contributed by atoms with van der Waals surface area (Å²) >= 11 is 0. The molecule has 0 aromatic heterocycles. The van der Waals surface area contributed by atoms with E-state index in [1.54, 1.807) is 0 Å². The molecule has 25 heavy (non-hydrogen) atoms. The van der Waals surface area contributed by atoms with E-state index in [-0.39, 0.29) is 31.3 Å². The molecule has 0 aliphatic carbocycles. The maximum absolute atomic E-state index is 13.0. The zero-order chi connectivity index (χ0) is 18.0. The molecule has 138 valence electrons. The maximum Gasteiger partial charge on any atom is 0.341 e. The summed E-state index contributed by atoms with van der Waals surface area (Å²) in [6.07, 6.45) is 2.53. The summed E-state index contributed by atoms with van der Waals surface area (Å²) in [6.45, 7) is 6.98. The van der Waals surface area contributed by atoms with Crippen molar-refractivity contribution in [1.29, 1.82) is 0 Å². The van der Waals surface area contributed by atoms with Crippen LogP contribution in [0.4, 0.5) is 0 Å². The SMILES string of the molecule is CC(C)[C@H]1C(=O)O[C@@H]2CCN3CC=C(COC(=O)[C@](C)(O)[C@@]14CO4)C23. The number of cyclic esters (lactones) is 1. The second kappa shape index (κ2) is 5.53. The predicted molar refractivity (Wildman–Crippen MR) is 86.5 cm³/mol. The Labute approximate surface area is 146 Å². The van der Waals surface area contributed by atoms with Gasteiger partial charge in [0.05, 0.1) is 18.6 Å². The molecule has 0 bridgehead atoms. The highest BCUT2D eigenvalue weighted by atomic mass is 16.6. The number of epoxide rings is 1. The molecule has 7 heteroatoms. The summed E-state index contributed by atoms with van der Waals surface area (Å²) in [5.74, 6) is -2.03. The Morgan fingerprint density at radius 1 is 1.36 bits per heavy atom. The topological polar surface area (TPSA) is 88.6 Å². The van der Waals surface area contributed by atoms with Crippen LogP contribution in [-0.4, -0.2) is 71.6 Å². The third kappa shape index (κ3) is 2.36. The second-order valence-corrected chi connectivity index (χ2v) is 8.03. The van der Waals surface area contributed by atoms with Crippen LogP contribution in [0.5, 0.6) is 0 Å². The Bertz CT molecular complexity index is 635. The minimum atomic E-state index is -1.90. The maximum atomic E-state index is 13.0. The molecule has 4 aliphatic heterocycles. The van der Waals surface area contributed by atoms with Crippen LogP contribution in [0, 0.1) is 11.8 Å². The van der Waals surface area contributed by atoms with Gasteiger partial charge in [-0.3, -0.25) is 9.69 Å². The number of carbonyl (C=O) groups excluding carboxylic acids is 2. The van der Waals surface area contributed by atoms with Crippen LogP contribution in [-0.2, 0) is 23.8 Å². The molecular formula is C18H25NO6. The van der Waals surface area contributed by atoms with Crippen LogP contribution in [0.15, 0.2) is 11.6 Å². The van der Waals surface area contributed by atoms with Gasteiger partial charge in [-0.05, 0) is 24.8 Å². The van der Waals surface area contributed by atoms with Crippen molar-refractivity contribution in [3.8, 4) is 0 Å². The fraction of sp³-hybridized carbons (Fsp3) is 0.778. The first kappa shape index (κ1) is 17.0. The fourth-order valence-electron chi connectivity index (χ4n) is 4.65. The average molecular weight is 351 g/mol. The molecule has 7 nitrogen and oxygen atoms in total. The Kier molecular flexibility index (Phi) is 3.76. The minimum Gasteiger partial charge on any atom is -0.460 e. The Morgan fingerprint density at radius 3 is 2.72 bits per heavy atom. The first-order chi connectivity index (χ1) is 11.8. The summed E-state index contributed by atoms with van der Waals surface area (Å²) in [4.78, 5) is 27.9. The smallest absolute Gasteiger partial charge is 0.341 e. The molecule has 4 aliphatic rings. The Hall–Kier alpha value is -1.44. The summed E-state index contributed by atoms with van der Waals surface area (Å²) in [6, 6.07) is -0.0383. The fourth-order valence-corrected chi connectivity index (χ4v) is 4.65. The molecule has 0 aromatic carbocycles. The molecule has 1 spiro atoms. The highest BCUT2D eigenvalue weighted by Crippen LogP contribution is 2.49. The normalized spacial score (nSPS) is 44.2. The van der Waals surface area contributed by atoms with E-state index in [4.69, 9.17) is 14.2 Å². The number of carbonyl (C=O) groups is 2. The predicted octanol–water partition coefficient (Wildman–Crippen LogP) is 0.262. The summed E-state index contributed by atoms with van der Waals surface area (Å²) < 4.78 is 16.9. The van der Waals surface area contributed by atoms with Gasteiger partial charge in [0.2, 0.25) is 0 Å². The van der Waals surface area contributed by atoms with E-state index in [2.05, 4.69) is 4.90 Å². The zero-order valence-corrected chi connectivity index (χ0v) is 14.9. The Morgan fingerprint density at radius 2 is 2.08 bits per heavy atom. The van der Waals surface area contributed by atoms with Gasteiger partial charge < -0.3 is 19.3 Å². The standard InChI is InChI=1S/C18H25NO6/c1-10(2)13-15(20)25-12-5-7-19-6-4-11(14(12)19)8-23-16(21)17(3,22)18(13)9-24-18/h4,10,12-14,22H,5-9H2,1-3H3/t12-,13+,14?,17+,18-/m1/s1. The first-order valence-corrected chi connectivity index (χ1v) is 8.95. The van der Waals surface area contributed by atoms with Gasteiger partial charge in [0.1, 0.15) is 18.3 Å². The minimum absolute atomic E-state index is 0.0383. The third-order valence-electron chi connectivity index (χ3n) is 6.15. The van der Waals surface area contributed by atoms with Crippen molar-refractivity contribution < 1.29 is 28.9 Å². The highest BCUT2D eigenvalue weighted by Gasteiger charge is 2.70. The lowest BCUT2D eigenvalue weighted by Crippen LogP contribution is -2.57. The van der Waals surface area contributed by atoms with Gasteiger partial charge in [-0.2, -0.15) is 0 Å². The van der Waals surface area contributed by atoms with Crippen molar-refractivity contribution in [2.24, 2.45) is 11.8 Å². The Balaban J connectivity index is 1.73. The molecule has 5 atom stereocenters. The molecule has 3 fully saturated rings. The van der Waals surface area contributed by atoms with Gasteiger partial charge in [-0.15, -0.1) is 0 Å². The molecule has 0 aromatic rings. The summed E-state index contributed by atoms with van der Waals surface area (Å²) in [5, 5.41) is 10.9. The van der Waals surface area contributed by atoms with E-state index in [0.717, 1.165) is 25.1 Å². The number of nitrogens with zero attached hydrogens (tertiary/aromatic N) is 1. The van der Waals surface area contributed by atoms with Crippen molar-refractivity contribution in [2.45, 2.75) is 50.5 Å². The number of aliphatic hydroxyl groups is 1. The van der Waals surface area contributed by atoms with Crippen LogP contribution in [0.1, 0.15) is 27.2 Å². The molecule has 0 saturated carbocycles. The quantitative estimate of drug-likeness (QED) is 0.412. The zero-order valence-electron chi connectivity index (χ0n) is 14.9. The van der Waals surface area contributed by atoms with E-state index in [9.17, 15) is 14.7 Å². The monoisotopic (exact) mass is 351 g/mol. The molecule has 4 heterocycles. The van der Waals surface area contributed by atoms with Gasteiger partial charge >= 0.3 is 11.9 Å². The third-order valence-corrected chi connectivity index (χ3v) is 6.15. The van der Waals surface area contributed by atoms with Crippen LogP contribution < -0.4 is 0 Å². The van der Waals surface area contributed by atoms with Crippen LogP contribution in [0.3, 0.4) is 0 Å². The lowest BCUT2D eigenvalue weighted by Gasteiger charge is -2.35. The molecule has 0 radical (unpaired) electrons. The van der Waals surface area contributed by atoms with Crippen molar-refractivity contribution >= 4 is 11.9 Å². The van der Waals surface area contributed by atoms with Gasteiger partial charge in [-0.1, -0.05) is 19.9 Å². The highest BCUT2D eigenvalue weighted by molar-refractivity contribution is 5.85. The molecule has 0 amide bonds. The van der Waals surface area contributed by atoms with E-state index < -0.39 is 29.1 Å². The van der Waals surface area contributed by atoms with Gasteiger partial charge in [0, 0.05) is 13.1 Å². The number of hydrogen-bond donors (Lipinski definition) is 1. The molecule has 1 unspecified atom stereocenters. The van der Waals surface area contributed by atoms with Gasteiger partial charge in [-0.25, -0.2) is 4.79 Å². The van der Waals surface area contributed by atoms with E-state index >= 15 is 0 Å². The molecule has 1 N–H and O–H groups in total. The summed E-state index contributed by atoms with van der Waals surface area (Å²) in [5.41, 5.74) is -2.24. The number of ether oxygens (including phenoxy) is 3. The molecular weight excluding hydrogens is 326 g/mol. The van der Waals surface area contributed by atoms with E-state index in [1.807, 2.05) is 19.9 Å². The largest absolute Gasteiger partial charge is 0.460 e. The van der Waals surface area contributed by atoms with Gasteiger partial charge in [0.15, 0.2) is 5.60 Å². The van der Waals surface area contributed by atoms with Gasteiger partial charge in [0.25, 0.3) is 0 Å². The van der Waals surface area contributed by atoms with Crippen LogP contribution in [0.2, 0.25) is 0 Å². The van der Waals surface area contributed by atoms with Crippen LogP contribution >= 0.6 is 0 Å². The van der Waals surface area contributed by atoms with Crippen molar-refractivity contribution in [3.05, 3.63) is 11.6 Å². The van der Waals surface area contributed by atoms with Crippen molar-refractivity contribution in [2.75, 3.05) is 26.3 Å². The molecule has 3 saturated heterocycles.